The maximum atomic E-state index is 6.04. The SMILES string of the molecule is Clc1ncccc1-c1nc2ccccc2s1. The second kappa shape index (κ2) is 3.85. The smallest absolute Gasteiger partial charge is 0.139 e. The number of thiazole rings is 1. The molecule has 0 bridgehead atoms. The lowest BCUT2D eigenvalue weighted by Gasteiger charge is -1.96. The summed E-state index contributed by atoms with van der Waals surface area (Å²) in [5, 5.41) is 1.42. The predicted molar refractivity (Wildman–Crippen MR) is 67.9 cm³/mol. The number of benzene rings is 1. The van der Waals surface area contributed by atoms with Gasteiger partial charge in [0, 0.05) is 11.8 Å². The lowest BCUT2D eigenvalue weighted by atomic mass is 10.3. The molecule has 0 radical (unpaired) electrons. The molecule has 2 nitrogen and oxygen atoms in total. The molecule has 0 aliphatic rings. The number of halogens is 1. The van der Waals surface area contributed by atoms with Crippen molar-refractivity contribution in [3.8, 4) is 10.6 Å². The number of hydrogen-bond acceptors (Lipinski definition) is 3. The Morgan fingerprint density at radius 1 is 1.06 bits per heavy atom. The van der Waals surface area contributed by atoms with Crippen LogP contribution < -0.4 is 0 Å². The zero-order valence-corrected chi connectivity index (χ0v) is 9.79. The highest BCUT2D eigenvalue weighted by atomic mass is 35.5. The van der Waals surface area contributed by atoms with Crippen molar-refractivity contribution in [2.45, 2.75) is 0 Å². The molecule has 0 aliphatic heterocycles. The molecule has 2 heterocycles. The monoisotopic (exact) mass is 246 g/mol. The van der Waals surface area contributed by atoms with E-state index in [-0.39, 0.29) is 0 Å². The van der Waals surface area contributed by atoms with Crippen LogP contribution >= 0.6 is 22.9 Å². The first-order valence-corrected chi connectivity index (χ1v) is 6.00. The minimum atomic E-state index is 0.501. The normalized spacial score (nSPS) is 10.8. The molecule has 0 atom stereocenters. The Kier molecular flexibility index (Phi) is 2.35. The first-order valence-electron chi connectivity index (χ1n) is 4.81. The Hall–Kier alpha value is -1.45. The lowest BCUT2D eigenvalue weighted by Crippen LogP contribution is -1.80. The molecule has 2 aromatic heterocycles. The quantitative estimate of drug-likeness (QED) is 0.607. The van der Waals surface area contributed by atoms with Crippen LogP contribution in [0.1, 0.15) is 0 Å². The Bertz CT molecular complexity index is 615. The van der Waals surface area contributed by atoms with Gasteiger partial charge in [-0.25, -0.2) is 9.97 Å². The van der Waals surface area contributed by atoms with Gasteiger partial charge in [0.05, 0.1) is 10.2 Å². The average Bonchev–Trinajstić information content (AvgIpc) is 2.73. The number of rotatable bonds is 1. The number of nitrogens with zero attached hydrogens (tertiary/aromatic N) is 2. The molecule has 0 saturated carbocycles. The highest BCUT2D eigenvalue weighted by Crippen LogP contribution is 2.32. The molecule has 3 aromatic rings. The van der Waals surface area contributed by atoms with Gasteiger partial charge in [0.2, 0.25) is 0 Å². The van der Waals surface area contributed by atoms with Crippen LogP contribution in [0.3, 0.4) is 0 Å². The highest BCUT2D eigenvalue weighted by molar-refractivity contribution is 7.21. The molecule has 0 N–H and O–H groups in total. The number of aromatic nitrogens is 2. The van der Waals surface area contributed by atoms with Crippen LogP contribution in [0.25, 0.3) is 20.8 Å². The Morgan fingerprint density at radius 3 is 2.75 bits per heavy atom. The summed E-state index contributed by atoms with van der Waals surface area (Å²) in [4.78, 5) is 8.60. The maximum Gasteiger partial charge on any atom is 0.139 e. The van der Waals surface area contributed by atoms with Crippen LogP contribution in [0.5, 0.6) is 0 Å². The van der Waals surface area contributed by atoms with Crippen LogP contribution in [0.4, 0.5) is 0 Å². The van der Waals surface area contributed by atoms with Gasteiger partial charge in [0.1, 0.15) is 10.2 Å². The van der Waals surface area contributed by atoms with E-state index in [0.29, 0.717) is 5.15 Å². The van der Waals surface area contributed by atoms with Gasteiger partial charge in [-0.2, -0.15) is 0 Å². The third-order valence-corrected chi connectivity index (χ3v) is 3.65. The molecule has 16 heavy (non-hydrogen) atoms. The first kappa shape index (κ1) is 9.75. The number of fused-ring (bicyclic) bond motifs is 1. The van der Waals surface area contributed by atoms with E-state index in [1.54, 1.807) is 17.5 Å². The van der Waals surface area contributed by atoms with Gasteiger partial charge < -0.3 is 0 Å². The lowest BCUT2D eigenvalue weighted by molar-refractivity contribution is 1.32. The fourth-order valence-corrected chi connectivity index (χ4v) is 2.79. The predicted octanol–water partition coefficient (Wildman–Crippen LogP) is 4.01. The van der Waals surface area contributed by atoms with Gasteiger partial charge in [0.15, 0.2) is 0 Å². The Balaban J connectivity index is 2.23. The molecule has 1 aromatic carbocycles. The van der Waals surface area contributed by atoms with E-state index < -0.39 is 0 Å². The summed E-state index contributed by atoms with van der Waals surface area (Å²) in [7, 11) is 0. The summed E-state index contributed by atoms with van der Waals surface area (Å²) < 4.78 is 1.16. The first-order chi connectivity index (χ1) is 7.84. The number of pyridine rings is 1. The molecule has 0 fully saturated rings. The van der Waals surface area contributed by atoms with E-state index >= 15 is 0 Å². The van der Waals surface area contributed by atoms with Gasteiger partial charge in [-0.05, 0) is 24.3 Å². The van der Waals surface area contributed by atoms with Crippen LogP contribution in [-0.2, 0) is 0 Å². The summed E-state index contributed by atoms with van der Waals surface area (Å²) in [6.45, 7) is 0. The zero-order chi connectivity index (χ0) is 11.0. The van der Waals surface area contributed by atoms with Crippen LogP contribution in [-0.4, -0.2) is 9.97 Å². The van der Waals surface area contributed by atoms with Gasteiger partial charge >= 0.3 is 0 Å². The molecule has 0 aliphatic carbocycles. The third kappa shape index (κ3) is 1.58. The van der Waals surface area contributed by atoms with Crippen LogP contribution in [0, 0.1) is 0 Å². The van der Waals surface area contributed by atoms with Crippen molar-refractivity contribution in [3.05, 3.63) is 47.7 Å². The van der Waals surface area contributed by atoms with Crippen molar-refractivity contribution >= 4 is 33.2 Å². The summed E-state index contributed by atoms with van der Waals surface area (Å²) >= 11 is 7.67. The summed E-state index contributed by atoms with van der Waals surface area (Å²) in [6, 6.07) is 11.9. The Labute approximate surface area is 102 Å². The molecule has 78 valence electrons. The topological polar surface area (TPSA) is 25.8 Å². The van der Waals surface area contributed by atoms with Crippen molar-refractivity contribution in [3.63, 3.8) is 0 Å². The van der Waals surface area contributed by atoms with Crippen LogP contribution in [0.15, 0.2) is 42.6 Å². The van der Waals surface area contributed by atoms with E-state index in [0.717, 1.165) is 20.8 Å². The van der Waals surface area contributed by atoms with Crippen LogP contribution in [0.2, 0.25) is 5.15 Å². The molecular formula is C12H7ClN2S. The van der Waals surface area contributed by atoms with Gasteiger partial charge in [0.25, 0.3) is 0 Å². The largest absolute Gasteiger partial charge is 0.244 e. The second-order valence-corrected chi connectivity index (χ2v) is 4.72. The molecular weight excluding hydrogens is 240 g/mol. The third-order valence-electron chi connectivity index (χ3n) is 2.28. The standard InChI is InChI=1S/C12H7ClN2S/c13-11-8(4-3-7-14-11)12-15-9-5-1-2-6-10(9)16-12/h1-7H. The number of para-hydroxylation sites is 1. The zero-order valence-electron chi connectivity index (χ0n) is 8.22. The highest BCUT2D eigenvalue weighted by Gasteiger charge is 2.09. The van der Waals surface area contributed by atoms with E-state index in [2.05, 4.69) is 16.0 Å². The van der Waals surface area contributed by atoms with E-state index in [1.807, 2.05) is 30.3 Å². The van der Waals surface area contributed by atoms with E-state index in [9.17, 15) is 0 Å². The van der Waals surface area contributed by atoms with Crippen molar-refractivity contribution in [2.75, 3.05) is 0 Å². The molecule has 0 amide bonds. The van der Waals surface area contributed by atoms with Crippen molar-refractivity contribution < 1.29 is 0 Å². The van der Waals surface area contributed by atoms with Gasteiger partial charge in [-0.1, -0.05) is 23.7 Å². The van der Waals surface area contributed by atoms with Gasteiger partial charge in [-0.3, -0.25) is 0 Å². The summed E-state index contributed by atoms with van der Waals surface area (Å²) in [6.07, 6.45) is 1.68. The minimum absolute atomic E-state index is 0.501. The maximum absolute atomic E-state index is 6.04. The van der Waals surface area contributed by atoms with Crippen molar-refractivity contribution in [2.24, 2.45) is 0 Å². The molecule has 4 heteroatoms. The van der Waals surface area contributed by atoms with E-state index in [4.69, 9.17) is 11.6 Å². The fraction of sp³-hybridized carbons (Fsp3) is 0. The van der Waals surface area contributed by atoms with Crippen molar-refractivity contribution in [1.82, 2.24) is 9.97 Å². The molecule has 0 unspecified atom stereocenters. The number of hydrogen-bond donors (Lipinski definition) is 0. The van der Waals surface area contributed by atoms with Crippen molar-refractivity contribution in [1.29, 1.82) is 0 Å². The second-order valence-electron chi connectivity index (χ2n) is 3.33. The average molecular weight is 247 g/mol. The molecule has 0 saturated heterocycles. The van der Waals surface area contributed by atoms with E-state index in [1.165, 1.54) is 0 Å². The molecule has 3 rings (SSSR count). The summed E-state index contributed by atoms with van der Waals surface area (Å²) in [5.41, 5.74) is 1.90. The summed E-state index contributed by atoms with van der Waals surface area (Å²) in [5.74, 6) is 0. The minimum Gasteiger partial charge on any atom is -0.244 e. The fourth-order valence-electron chi connectivity index (χ4n) is 1.53. The molecule has 0 spiro atoms. The Morgan fingerprint density at radius 2 is 1.94 bits per heavy atom. The van der Waals surface area contributed by atoms with Gasteiger partial charge in [-0.15, -0.1) is 11.3 Å².